The Bertz CT molecular complexity index is 1510. The summed E-state index contributed by atoms with van der Waals surface area (Å²) in [6, 6.07) is 11.1. The maximum Gasteiger partial charge on any atom is 0.338 e. The standard InChI is InChI=1S/C29H30N2O12S2/c32-24-10-11-25(33)30(24)44-22-6-2-20(3-7-22)28(36)42-18-16-40-14-1-15-41-17-19-43-29(37)21-4-8-23(9-5-21)45(38,39)31-26(34)12-13-27(31)35/h2-9H,1,10-19H2. The Morgan fingerprint density at radius 2 is 1.07 bits per heavy atom. The van der Waals surface area contributed by atoms with Gasteiger partial charge in [-0.1, -0.05) is 0 Å². The Morgan fingerprint density at radius 1 is 0.622 bits per heavy atom. The number of nitrogens with zero attached hydrogens (tertiary/aromatic N) is 2. The lowest BCUT2D eigenvalue weighted by molar-refractivity contribution is -0.133. The van der Waals surface area contributed by atoms with Crippen molar-refractivity contribution in [2.45, 2.75) is 41.9 Å². The number of esters is 2. The molecule has 0 bridgehead atoms. The molecule has 0 N–H and O–H groups in total. The van der Waals surface area contributed by atoms with Gasteiger partial charge in [-0.3, -0.25) is 19.2 Å². The maximum absolute atomic E-state index is 12.6. The highest BCUT2D eigenvalue weighted by molar-refractivity contribution is 7.98. The van der Waals surface area contributed by atoms with Gasteiger partial charge in [0, 0.05) is 43.8 Å². The number of rotatable bonds is 16. The van der Waals surface area contributed by atoms with Crippen LogP contribution in [0.25, 0.3) is 0 Å². The average molecular weight is 663 g/mol. The van der Waals surface area contributed by atoms with Crippen molar-refractivity contribution >= 4 is 57.5 Å². The first-order chi connectivity index (χ1) is 21.6. The number of sulfonamides is 1. The number of ether oxygens (including phenoxy) is 4. The van der Waals surface area contributed by atoms with Gasteiger partial charge >= 0.3 is 11.9 Å². The van der Waals surface area contributed by atoms with Crippen molar-refractivity contribution in [2.24, 2.45) is 0 Å². The van der Waals surface area contributed by atoms with Crippen LogP contribution in [-0.2, 0) is 48.1 Å². The second kappa shape index (κ2) is 15.7. The van der Waals surface area contributed by atoms with Crippen LogP contribution in [-0.4, -0.2) is 92.2 Å². The van der Waals surface area contributed by atoms with E-state index in [1.807, 2.05) is 0 Å². The van der Waals surface area contributed by atoms with E-state index < -0.39 is 33.8 Å². The Balaban J connectivity index is 1.03. The molecular weight excluding hydrogens is 632 g/mol. The molecule has 2 aromatic rings. The lowest BCUT2D eigenvalue weighted by Gasteiger charge is -2.14. The summed E-state index contributed by atoms with van der Waals surface area (Å²) in [5.41, 5.74) is 0.413. The number of hydrogen-bond acceptors (Lipinski definition) is 13. The van der Waals surface area contributed by atoms with Gasteiger partial charge in [-0.25, -0.2) is 22.3 Å². The number of hydrogen-bond donors (Lipinski definition) is 0. The zero-order chi connectivity index (χ0) is 32.4. The summed E-state index contributed by atoms with van der Waals surface area (Å²) in [4.78, 5) is 71.8. The second-order valence-corrected chi connectivity index (χ2v) is 12.4. The molecule has 0 aliphatic carbocycles. The SMILES string of the molecule is O=C(OCCOCCCOCCOC(=O)c1ccc(S(=O)(=O)N2C(=O)CCC2=O)cc1)c1ccc(SN2C(=O)CCC2=O)cc1. The van der Waals surface area contributed by atoms with Crippen molar-refractivity contribution in [3.63, 3.8) is 0 Å². The fraction of sp³-hybridized carbons (Fsp3) is 0.379. The van der Waals surface area contributed by atoms with Gasteiger partial charge in [0.1, 0.15) is 13.2 Å². The summed E-state index contributed by atoms with van der Waals surface area (Å²) in [6.07, 6.45) is 0.628. The van der Waals surface area contributed by atoms with Gasteiger partial charge in [-0.2, -0.15) is 4.31 Å². The molecule has 0 saturated carbocycles. The minimum Gasteiger partial charge on any atom is -0.460 e. The molecule has 2 aliphatic heterocycles. The van der Waals surface area contributed by atoms with Crippen molar-refractivity contribution in [1.29, 1.82) is 0 Å². The van der Waals surface area contributed by atoms with Gasteiger partial charge in [-0.05, 0) is 66.9 Å². The van der Waals surface area contributed by atoms with Crippen molar-refractivity contribution < 1.29 is 56.1 Å². The van der Waals surface area contributed by atoms with Crippen LogP contribution in [0.3, 0.4) is 0 Å². The van der Waals surface area contributed by atoms with E-state index in [4.69, 9.17) is 18.9 Å². The number of benzene rings is 2. The number of imide groups is 2. The lowest BCUT2D eigenvalue weighted by atomic mass is 10.2. The summed E-state index contributed by atoms with van der Waals surface area (Å²) in [5, 5.41) is 0. The van der Waals surface area contributed by atoms with E-state index >= 15 is 0 Å². The molecular formula is C29H30N2O12S2. The Kier molecular flexibility index (Phi) is 11.8. The smallest absolute Gasteiger partial charge is 0.338 e. The van der Waals surface area contributed by atoms with Gasteiger partial charge < -0.3 is 18.9 Å². The second-order valence-electron chi connectivity index (χ2n) is 9.63. The zero-order valence-electron chi connectivity index (χ0n) is 24.0. The predicted octanol–water partition coefficient (Wildman–Crippen LogP) is 2.12. The fourth-order valence-electron chi connectivity index (χ4n) is 4.13. The van der Waals surface area contributed by atoms with Crippen LogP contribution < -0.4 is 0 Å². The molecule has 2 aliphatic rings. The van der Waals surface area contributed by atoms with Crippen LogP contribution in [0.4, 0.5) is 0 Å². The molecule has 45 heavy (non-hydrogen) atoms. The van der Waals surface area contributed by atoms with Crippen molar-refractivity contribution in [3.8, 4) is 0 Å². The highest BCUT2D eigenvalue weighted by Crippen LogP contribution is 2.29. The number of carbonyl (C=O) groups excluding carboxylic acids is 6. The van der Waals surface area contributed by atoms with Crippen molar-refractivity contribution in [1.82, 2.24) is 8.61 Å². The van der Waals surface area contributed by atoms with Gasteiger partial charge in [0.05, 0.1) is 29.2 Å². The summed E-state index contributed by atoms with van der Waals surface area (Å²) in [6.45, 7) is 0.987. The normalized spacial score (nSPS) is 15.2. The van der Waals surface area contributed by atoms with Crippen LogP contribution >= 0.6 is 11.9 Å². The Hall–Kier alpha value is -4.12. The molecule has 0 radical (unpaired) electrons. The first kappa shape index (κ1) is 33.8. The summed E-state index contributed by atoms with van der Waals surface area (Å²) in [7, 11) is -4.33. The van der Waals surface area contributed by atoms with E-state index in [0.717, 1.165) is 28.4 Å². The third-order valence-corrected chi connectivity index (χ3v) is 9.25. The molecule has 14 nitrogen and oxygen atoms in total. The van der Waals surface area contributed by atoms with E-state index in [9.17, 15) is 37.2 Å². The molecule has 4 amide bonds. The molecule has 2 aromatic carbocycles. The Labute approximate surface area is 263 Å². The first-order valence-corrected chi connectivity index (χ1v) is 16.1. The summed E-state index contributed by atoms with van der Waals surface area (Å²) < 4.78 is 47.6. The summed E-state index contributed by atoms with van der Waals surface area (Å²) >= 11 is 1.02. The molecule has 4 rings (SSSR count). The molecule has 0 spiro atoms. The van der Waals surface area contributed by atoms with E-state index in [2.05, 4.69) is 0 Å². The van der Waals surface area contributed by atoms with Crippen LogP contribution in [0.1, 0.15) is 52.8 Å². The van der Waals surface area contributed by atoms with E-state index in [0.29, 0.717) is 30.1 Å². The molecule has 0 atom stereocenters. The third kappa shape index (κ3) is 8.97. The lowest BCUT2D eigenvalue weighted by Crippen LogP contribution is -2.35. The van der Waals surface area contributed by atoms with Gasteiger partial charge in [0.2, 0.25) is 23.6 Å². The summed E-state index contributed by atoms with van der Waals surface area (Å²) in [5.74, 6) is -3.27. The van der Waals surface area contributed by atoms with Crippen molar-refractivity contribution in [2.75, 3.05) is 39.6 Å². The third-order valence-electron chi connectivity index (χ3n) is 6.43. The molecule has 16 heteroatoms. The first-order valence-electron chi connectivity index (χ1n) is 13.9. The highest BCUT2D eigenvalue weighted by atomic mass is 32.2. The highest BCUT2D eigenvalue weighted by Gasteiger charge is 2.39. The molecule has 0 unspecified atom stereocenters. The Morgan fingerprint density at radius 3 is 1.56 bits per heavy atom. The number of amides is 4. The van der Waals surface area contributed by atoms with Gasteiger partial charge in [-0.15, -0.1) is 0 Å². The van der Waals surface area contributed by atoms with Crippen molar-refractivity contribution in [3.05, 3.63) is 59.7 Å². The van der Waals surface area contributed by atoms with Gasteiger partial charge in [0.25, 0.3) is 10.0 Å². The molecule has 2 saturated heterocycles. The van der Waals surface area contributed by atoms with Crippen LogP contribution in [0, 0.1) is 0 Å². The topological polar surface area (TPSA) is 180 Å². The quantitative estimate of drug-likeness (QED) is 0.111. The molecule has 240 valence electrons. The molecule has 0 aromatic heterocycles. The molecule has 2 heterocycles. The minimum atomic E-state index is -4.33. The monoisotopic (exact) mass is 662 g/mol. The maximum atomic E-state index is 12.6. The molecule has 2 fully saturated rings. The van der Waals surface area contributed by atoms with Crippen LogP contribution in [0.15, 0.2) is 58.3 Å². The predicted molar refractivity (Wildman–Crippen MR) is 155 cm³/mol. The zero-order valence-corrected chi connectivity index (χ0v) is 25.6. The van der Waals surface area contributed by atoms with E-state index in [-0.39, 0.29) is 78.7 Å². The fourth-order valence-corrected chi connectivity index (χ4v) is 6.39. The average Bonchev–Trinajstić information content (AvgIpc) is 3.54. The van der Waals surface area contributed by atoms with Gasteiger partial charge in [0.15, 0.2) is 0 Å². The number of carbonyl (C=O) groups is 6. The minimum absolute atomic E-state index is 0.0410. The van der Waals surface area contributed by atoms with E-state index in [1.165, 1.54) is 12.1 Å². The van der Waals surface area contributed by atoms with E-state index in [1.54, 1.807) is 24.3 Å². The largest absolute Gasteiger partial charge is 0.460 e. The van der Waals surface area contributed by atoms with Crippen LogP contribution in [0.5, 0.6) is 0 Å². The van der Waals surface area contributed by atoms with Crippen LogP contribution in [0.2, 0.25) is 0 Å².